The van der Waals surface area contributed by atoms with Gasteiger partial charge in [0.15, 0.2) is 0 Å². The summed E-state index contributed by atoms with van der Waals surface area (Å²) in [7, 11) is 0. The molecule has 3 rings (SSSR count). The molecule has 22 heavy (non-hydrogen) atoms. The number of fused-ring (bicyclic) bond motifs is 1. The maximum absolute atomic E-state index is 11.9. The number of nitrogens with one attached hydrogen (secondary N) is 1. The zero-order valence-electron chi connectivity index (χ0n) is 12.3. The Hall–Kier alpha value is -2.00. The first-order valence-corrected chi connectivity index (χ1v) is 7.88. The molecule has 114 valence electrons. The number of rotatable bonds is 5. The largest absolute Gasteiger partial charge is 0.492 e. The third kappa shape index (κ3) is 3.60. The van der Waals surface area contributed by atoms with E-state index >= 15 is 0 Å². The smallest absolute Gasteiger partial charge is 0.251 e. The molecule has 0 spiro atoms. The Morgan fingerprint density at radius 2 is 2.00 bits per heavy atom. The van der Waals surface area contributed by atoms with E-state index in [1.807, 2.05) is 6.07 Å². The Morgan fingerprint density at radius 3 is 2.86 bits per heavy atom. The van der Waals surface area contributed by atoms with E-state index in [9.17, 15) is 4.79 Å². The van der Waals surface area contributed by atoms with E-state index in [2.05, 4.69) is 17.4 Å². The van der Waals surface area contributed by atoms with Gasteiger partial charge < -0.3 is 10.1 Å². The molecule has 0 fully saturated rings. The van der Waals surface area contributed by atoms with E-state index in [0.717, 1.165) is 12.2 Å². The highest BCUT2D eigenvalue weighted by atomic mass is 35.5. The number of halogens is 1. The number of hydrogen-bond donors (Lipinski definition) is 1. The third-order valence-electron chi connectivity index (χ3n) is 3.81. The Bertz CT molecular complexity index is 685. The van der Waals surface area contributed by atoms with Crippen molar-refractivity contribution in [2.24, 2.45) is 0 Å². The second-order valence-corrected chi connectivity index (χ2v) is 5.84. The molecule has 3 nitrogen and oxygen atoms in total. The highest BCUT2D eigenvalue weighted by Gasteiger charge is 2.11. The SMILES string of the molecule is O=C(NCCOc1ccc2c(c1)CCC2)c1cccc(Cl)c1. The van der Waals surface area contributed by atoms with Crippen molar-refractivity contribution in [2.75, 3.05) is 13.2 Å². The van der Waals surface area contributed by atoms with Gasteiger partial charge in [0.2, 0.25) is 0 Å². The number of amides is 1. The molecule has 0 aromatic heterocycles. The van der Waals surface area contributed by atoms with Gasteiger partial charge in [-0.25, -0.2) is 0 Å². The minimum atomic E-state index is -0.139. The summed E-state index contributed by atoms with van der Waals surface area (Å²) in [5.41, 5.74) is 3.38. The van der Waals surface area contributed by atoms with Crippen LogP contribution in [-0.4, -0.2) is 19.1 Å². The van der Waals surface area contributed by atoms with Gasteiger partial charge in [-0.1, -0.05) is 23.7 Å². The highest BCUT2D eigenvalue weighted by Crippen LogP contribution is 2.25. The Kier molecular flexibility index (Phi) is 4.64. The third-order valence-corrected chi connectivity index (χ3v) is 4.05. The minimum Gasteiger partial charge on any atom is -0.492 e. The Labute approximate surface area is 135 Å². The molecule has 0 unspecified atom stereocenters. The average Bonchev–Trinajstić information content (AvgIpc) is 2.99. The molecule has 2 aromatic rings. The number of benzene rings is 2. The monoisotopic (exact) mass is 315 g/mol. The van der Waals surface area contributed by atoms with Gasteiger partial charge in [-0.15, -0.1) is 0 Å². The van der Waals surface area contributed by atoms with Crippen LogP contribution >= 0.6 is 11.6 Å². The van der Waals surface area contributed by atoms with Crippen LogP contribution in [0.4, 0.5) is 0 Å². The van der Waals surface area contributed by atoms with Gasteiger partial charge in [0.1, 0.15) is 12.4 Å². The molecule has 1 amide bonds. The van der Waals surface area contributed by atoms with E-state index in [0.29, 0.717) is 23.7 Å². The minimum absolute atomic E-state index is 0.139. The molecular formula is C18H18ClNO2. The number of ether oxygens (including phenoxy) is 1. The lowest BCUT2D eigenvalue weighted by Crippen LogP contribution is -2.28. The molecule has 4 heteroatoms. The lowest BCUT2D eigenvalue weighted by Gasteiger charge is -2.09. The fourth-order valence-electron chi connectivity index (χ4n) is 2.70. The molecule has 2 aromatic carbocycles. The summed E-state index contributed by atoms with van der Waals surface area (Å²) in [6, 6.07) is 13.2. The predicted molar refractivity (Wildman–Crippen MR) is 87.7 cm³/mol. The summed E-state index contributed by atoms with van der Waals surface area (Å²) >= 11 is 5.87. The summed E-state index contributed by atoms with van der Waals surface area (Å²) in [6.45, 7) is 0.910. The summed E-state index contributed by atoms with van der Waals surface area (Å²) in [5, 5.41) is 3.38. The van der Waals surface area contributed by atoms with Crippen molar-refractivity contribution in [3.63, 3.8) is 0 Å². The van der Waals surface area contributed by atoms with Gasteiger partial charge in [-0.2, -0.15) is 0 Å². The number of aryl methyl sites for hydroxylation is 2. The molecule has 0 aliphatic heterocycles. The van der Waals surface area contributed by atoms with Gasteiger partial charge in [0.05, 0.1) is 6.54 Å². The molecule has 0 bridgehead atoms. The average molecular weight is 316 g/mol. The number of carbonyl (C=O) groups excluding carboxylic acids is 1. The van der Waals surface area contributed by atoms with Crippen molar-refractivity contribution in [3.05, 3.63) is 64.2 Å². The standard InChI is InChI=1S/C18H18ClNO2/c19-16-6-2-5-15(11-16)18(21)20-9-10-22-17-8-7-13-3-1-4-14(13)12-17/h2,5-8,11-12H,1,3-4,9-10H2,(H,20,21). The topological polar surface area (TPSA) is 38.3 Å². The first-order valence-electron chi connectivity index (χ1n) is 7.51. The van der Waals surface area contributed by atoms with Crippen molar-refractivity contribution in [2.45, 2.75) is 19.3 Å². The summed E-state index contributed by atoms with van der Waals surface area (Å²) < 4.78 is 5.70. The predicted octanol–water partition coefficient (Wildman–Crippen LogP) is 3.64. The number of hydrogen-bond acceptors (Lipinski definition) is 2. The van der Waals surface area contributed by atoms with Crippen LogP contribution < -0.4 is 10.1 Å². The van der Waals surface area contributed by atoms with Crippen molar-refractivity contribution in [3.8, 4) is 5.75 Å². The quantitative estimate of drug-likeness (QED) is 0.856. The van der Waals surface area contributed by atoms with Crippen molar-refractivity contribution < 1.29 is 9.53 Å². The second-order valence-electron chi connectivity index (χ2n) is 5.40. The zero-order valence-corrected chi connectivity index (χ0v) is 13.0. The van der Waals surface area contributed by atoms with Crippen LogP contribution in [0.3, 0.4) is 0 Å². The first-order chi connectivity index (χ1) is 10.7. The van der Waals surface area contributed by atoms with Gasteiger partial charge >= 0.3 is 0 Å². The number of carbonyl (C=O) groups is 1. The van der Waals surface area contributed by atoms with Gasteiger partial charge in [0, 0.05) is 10.6 Å². The summed E-state index contributed by atoms with van der Waals surface area (Å²) in [4.78, 5) is 11.9. The second kappa shape index (κ2) is 6.84. The Morgan fingerprint density at radius 1 is 1.14 bits per heavy atom. The molecule has 0 atom stereocenters. The summed E-state index contributed by atoms with van der Waals surface area (Å²) in [6.07, 6.45) is 3.54. The molecular weight excluding hydrogens is 298 g/mol. The molecule has 1 N–H and O–H groups in total. The van der Waals surface area contributed by atoms with E-state index in [4.69, 9.17) is 16.3 Å². The molecule has 0 heterocycles. The first kappa shape index (κ1) is 14.9. The Balaban J connectivity index is 1.46. The summed E-state index contributed by atoms with van der Waals surface area (Å²) in [5.74, 6) is 0.734. The molecule has 0 saturated heterocycles. The van der Waals surface area contributed by atoms with Crippen LogP contribution in [0, 0.1) is 0 Å². The van der Waals surface area contributed by atoms with Crippen molar-refractivity contribution in [1.82, 2.24) is 5.32 Å². The van der Waals surface area contributed by atoms with Crippen LogP contribution in [0.5, 0.6) is 5.75 Å². The highest BCUT2D eigenvalue weighted by molar-refractivity contribution is 6.30. The van der Waals surface area contributed by atoms with Crippen LogP contribution in [0.15, 0.2) is 42.5 Å². The zero-order chi connectivity index (χ0) is 15.4. The van der Waals surface area contributed by atoms with Crippen LogP contribution in [0.25, 0.3) is 0 Å². The van der Waals surface area contributed by atoms with Gasteiger partial charge in [0.25, 0.3) is 5.91 Å². The lowest BCUT2D eigenvalue weighted by atomic mass is 10.1. The lowest BCUT2D eigenvalue weighted by molar-refractivity contribution is 0.0947. The van der Waals surface area contributed by atoms with Crippen LogP contribution in [-0.2, 0) is 12.8 Å². The maximum atomic E-state index is 11.9. The fourth-order valence-corrected chi connectivity index (χ4v) is 2.89. The molecule has 1 aliphatic carbocycles. The van der Waals surface area contributed by atoms with Gasteiger partial charge in [-0.3, -0.25) is 4.79 Å². The van der Waals surface area contributed by atoms with E-state index in [1.165, 1.54) is 24.0 Å². The van der Waals surface area contributed by atoms with Crippen LogP contribution in [0.1, 0.15) is 27.9 Å². The maximum Gasteiger partial charge on any atom is 0.251 e. The van der Waals surface area contributed by atoms with Crippen LogP contribution in [0.2, 0.25) is 5.02 Å². The van der Waals surface area contributed by atoms with E-state index in [1.54, 1.807) is 24.3 Å². The molecule has 0 saturated carbocycles. The van der Waals surface area contributed by atoms with Gasteiger partial charge in [-0.05, 0) is 60.7 Å². The van der Waals surface area contributed by atoms with Crippen molar-refractivity contribution in [1.29, 1.82) is 0 Å². The van der Waals surface area contributed by atoms with E-state index in [-0.39, 0.29) is 5.91 Å². The molecule has 1 aliphatic rings. The fraction of sp³-hybridized carbons (Fsp3) is 0.278. The normalized spacial score (nSPS) is 12.8. The van der Waals surface area contributed by atoms with E-state index < -0.39 is 0 Å². The molecule has 0 radical (unpaired) electrons. The van der Waals surface area contributed by atoms with Crippen molar-refractivity contribution >= 4 is 17.5 Å².